The summed E-state index contributed by atoms with van der Waals surface area (Å²) in [7, 11) is 0. The van der Waals surface area contributed by atoms with Crippen LogP contribution in [-0.2, 0) is 10.8 Å². The average molecular weight is 587 g/mol. The first kappa shape index (κ1) is 26.1. The van der Waals surface area contributed by atoms with Crippen LogP contribution in [0.15, 0.2) is 133 Å². The molecule has 8 aromatic carbocycles. The third-order valence-corrected chi connectivity index (χ3v) is 11.4. The Bertz CT molecular complexity index is 2370. The van der Waals surface area contributed by atoms with Crippen LogP contribution in [0.3, 0.4) is 0 Å². The van der Waals surface area contributed by atoms with Crippen LogP contribution in [0.2, 0.25) is 0 Å². The highest BCUT2D eigenvalue weighted by Crippen LogP contribution is 2.59. The fourth-order valence-electron chi connectivity index (χ4n) is 9.15. The zero-order chi connectivity index (χ0) is 30.9. The molecule has 2 aliphatic carbocycles. The maximum absolute atomic E-state index is 2.59. The molecule has 0 N–H and O–H groups in total. The third-order valence-electron chi connectivity index (χ3n) is 11.4. The summed E-state index contributed by atoms with van der Waals surface area (Å²) in [5.74, 6) is 0. The lowest BCUT2D eigenvalue weighted by atomic mass is 9.62. The Balaban J connectivity index is 1.54. The van der Waals surface area contributed by atoms with Gasteiger partial charge in [0, 0.05) is 10.8 Å². The molecule has 0 aliphatic heterocycles. The van der Waals surface area contributed by atoms with E-state index < -0.39 is 0 Å². The molecule has 0 bridgehead atoms. The van der Waals surface area contributed by atoms with Gasteiger partial charge in [-0.1, -0.05) is 143 Å². The smallest absolute Gasteiger partial charge is 0.0159 e. The van der Waals surface area contributed by atoms with Crippen molar-refractivity contribution < 1.29 is 0 Å². The number of hydrogen-bond acceptors (Lipinski definition) is 0. The van der Waals surface area contributed by atoms with Gasteiger partial charge in [0.25, 0.3) is 0 Å². The van der Waals surface area contributed by atoms with Crippen LogP contribution < -0.4 is 0 Å². The van der Waals surface area contributed by atoms with Crippen LogP contribution in [0.25, 0.3) is 76.8 Å². The molecule has 0 saturated carbocycles. The van der Waals surface area contributed by atoms with Gasteiger partial charge in [-0.15, -0.1) is 0 Å². The Morgan fingerprint density at radius 1 is 0.304 bits per heavy atom. The maximum atomic E-state index is 2.59. The second kappa shape index (κ2) is 8.74. The summed E-state index contributed by atoms with van der Waals surface area (Å²) < 4.78 is 0. The van der Waals surface area contributed by atoms with E-state index in [1.807, 2.05) is 0 Å². The van der Waals surface area contributed by atoms with Crippen LogP contribution >= 0.6 is 0 Å². The number of rotatable bonds is 2. The molecule has 8 aromatic rings. The fourth-order valence-corrected chi connectivity index (χ4v) is 9.15. The first-order chi connectivity index (χ1) is 22.4. The molecule has 0 saturated heterocycles. The van der Waals surface area contributed by atoms with Gasteiger partial charge in [0.1, 0.15) is 0 Å². The molecule has 218 valence electrons. The zero-order valence-corrected chi connectivity index (χ0v) is 26.7. The molecule has 0 aromatic heterocycles. The van der Waals surface area contributed by atoms with E-state index >= 15 is 0 Å². The summed E-state index contributed by atoms with van der Waals surface area (Å²) in [5, 5.41) is 8.37. The van der Waals surface area contributed by atoms with Crippen molar-refractivity contribution in [1.29, 1.82) is 0 Å². The molecule has 2 aliphatic rings. The summed E-state index contributed by atoms with van der Waals surface area (Å²) in [6.45, 7) is 9.73. The Kier molecular flexibility index (Phi) is 4.95. The van der Waals surface area contributed by atoms with Crippen molar-refractivity contribution in [3.8, 4) is 44.5 Å². The van der Waals surface area contributed by atoms with Crippen molar-refractivity contribution in [2.75, 3.05) is 0 Å². The molecule has 0 unspecified atom stereocenters. The second-order valence-electron chi connectivity index (χ2n) is 14.5. The first-order valence-corrected chi connectivity index (χ1v) is 16.5. The van der Waals surface area contributed by atoms with Crippen molar-refractivity contribution in [3.63, 3.8) is 0 Å². The lowest BCUT2D eigenvalue weighted by Crippen LogP contribution is -2.28. The average Bonchev–Trinajstić information content (AvgIpc) is 3.09. The molecule has 0 heteroatoms. The van der Waals surface area contributed by atoms with E-state index in [1.165, 1.54) is 99.1 Å². The highest BCUT2D eigenvalue weighted by atomic mass is 14.4. The van der Waals surface area contributed by atoms with Gasteiger partial charge in [-0.05, 0) is 117 Å². The van der Waals surface area contributed by atoms with E-state index in [4.69, 9.17) is 0 Å². The van der Waals surface area contributed by atoms with E-state index in [1.54, 1.807) is 0 Å². The van der Waals surface area contributed by atoms with Crippen LogP contribution in [0, 0.1) is 0 Å². The van der Waals surface area contributed by atoms with Crippen molar-refractivity contribution in [3.05, 3.63) is 156 Å². The lowest BCUT2D eigenvalue weighted by molar-refractivity contribution is 0.624. The summed E-state index contributed by atoms with van der Waals surface area (Å²) in [4.78, 5) is 0. The van der Waals surface area contributed by atoms with Crippen molar-refractivity contribution in [2.45, 2.75) is 38.5 Å². The second-order valence-corrected chi connectivity index (χ2v) is 14.5. The first-order valence-electron chi connectivity index (χ1n) is 16.5. The highest BCUT2D eigenvalue weighted by Gasteiger charge is 2.41. The molecule has 0 fully saturated rings. The van der Waals surface area contributed by atoms with Gasteiger partial charge in [-0.2, -0.15) is 0 Å². The number of fused-ring (bicyclic) bond motifs is 4. The largest absolute Gasteiger partial charge is 0.0622 e. The minimum atomic E-state index is -0.139. The Morgan fingerprint density at radius 3 is 1.17 bits per heavy atom. The van der Waals surface area contributed by atoms with Gasteiger partial charge < -0.3 is 0 Å². The minimum Gasteiger partial charge on any atom is -0.0622 e. The molecule has 46 heavy (non-hydrogen) atoms. The van der Waals surface area contributed by atoms with Gasteiger partial charge in [0.2, 0.25) is 0 Å². The SMILES string of the molecule is CC1(C)c2ccccc2-c2cc3c(-c4ccccc4)cc(-c4ccccc4)c4cc5c6c(cc1c2c6c34)C(C)(C)c1ccccc1-5. The van der Waals surface area contributed by atoms with E-state index in [9.17, 15) is 0 Å². The van der Waals surface area contributed by atoms with Crippen LogP contribution in [-0.4, -0.2) is 0 Å². The van der Waals surface area contributed by atoms with Crippen molar-refractivity contribution in [1.82, 2.24) is 0 Å². The highest BCUT2D eigenvalue weighted by molar-refractivity contribution is 6.35. The molecule has 0 amide bonds. The fraction of sp³-hybridized carbons (Fsp3) is 0.130. The van der Waals surface area contributed by atoms with Gasteiger partial charge in [0.15, 0.2) is 0 Å². The summed E-state index contributed by atoms with van der Waals surface area (Å²) in [6, 6.07) is 50.4. The molecule has 0 nitrogen and oxygen atoms in total. The normalized spacial score (nSPS) is 15.3. The molecule has 0 spiro atoms. The predicted molar refractivity (Wildman–Crippen MR) is 196 cm³/mol. The van der Waals surface area contributed by atoms with Crippen molar-refractivity contribution >= 4 is 32.3 Å². The monoisotopic (exact) mass is 586 g/mol. The lowest BCUT2D eigenvalue weighted by Gasteiger charge is -2.41. The molecule has 0 radical (unpaired) electrons. The van der Waals surface area contributed by atoms with E-state index in [2.05, 4.69) is 161 Å². The Labute approximate surface area is 270 Å². The maximum Gasteiger partial charge on any atom is 0.0159 e. The van der Waals surface area contributed by atoms with Gasteiger partial charge >= 0.3 is 0 Å². The van der Waals surface area contributed by atoms with Gasteiger partial charge in [-0.25, -0.2) is 0 Å². The van der Waals surface area contributed by atoms with E-state index in [-0.39, 0.29) is 10.8 Å². The Morgan fingerprint density at radius 2 is 0.717 bits per heavy atom. The third kappa shape index (κ3) is 3.14. The Hall–Kier alpha value is -5.20. The van der Waals surface area contributed by atoms with Crippen molar-refractivity contribution in [2.24, 2.45) is 0 Å². The predicted octanol–water partition coefficient (Wildman–Crippen LogP) is 12.5. The number of hydrogen-bond donors (Lipinski definition) is 0. The quantitative estimate of drug-likeness (QED) is 0.177. The zero-order valence-electron chi connectivity index (χ0n) is 26.7. The molecular weight excluding hydrogens is 553 g/mol. The number of benzene rings is 8. The molecular formula is C46H34. The molecule has 0 atom stereocenters. The summed E-state index contributed by atoms with van der Waals surface area (Å²) in [5.41, 5.74) is 16.0. The van der Waals surface area contributed by atoms with Crippen LogP contribution in [0.5, 0.6) is 0 Å². The van der Waals surface area contributed by atoms with Crippen LogP contribution in [0.4, 0.5) is 0 Å². The van der Waals surface area contributed by atoms with E-state index in [0.29, 0.717) is 0 Å². The molecule has 0 heterocycles. The summed E-state index contributed by atoms with van der Waals surface area (Å²) >= 11 is 0. The molecule has 10 rings (SSSR count). The van der Waals surface area contributed by atoms with E-state index in [0.717, 1.165) is 0 Å². The summed E-state index contributed by atoms with van der Waals surface area (Å²) in [6.07, 6.45) is 0. The van der Waals surface area contributed by atoms with Gasteiger partial charge in [0.05, 0.1) is 0 Å². The minimum absolute atomic E-state index is 0.139. The topological polar surface area (TPSA) is 0 Å². The standard InChI is InChI=1S/C46H34/c1-45(2)37-21-13-11-19-29(37)33-24-35-31(27-15-7-5-8-16-27)23-32(28-17-9-6-10-18-28)36-25-34-30-20-12-14-22-38(30)46(3,4)40-26-39(45)42(33)44(41(35)36)43(34)40/h5-26H,1-4H3. The van der Waals surface area contributed by atoms with Crippen LogP contribution in [0.1, 0.15) is 49.9 Å². The van der Waals surface area contributed by atoms with Gasteiger partial charge in [-0.3, -0.25) is 0 Å².